The van der Waals surface area contributed by atoms with Crippen LogP contribution in [-0.2, 0) is 25.2 Å². The number of carbonyl (C=O) groups excluding carboxylic acids is 1. The molecule has 0 aliphatic carbocycles. The lowest BCUT2D eigenvalue weighted by molar-refractivity contribution is -0.161. The Bertz CT molecular complexity index is 2280. The molecule has 0 aliphatic heterocycles. The Hall–Kier alpha value is -5.08. The molecule has 1 N–H and O–H groups in total. The van der Waals surface area contributed by atoms with Crippen LogP contribution in [0.3, 0.4) is 0 Å². The first-order valence-electron chi connectivity index (χ1n) is 14.1. The van der Waals surface area contributed by atoms with Crippen molar-refractivity contribution in [2.24, 2.45) is 0 Å². The van der Waals surface area contributed by atoms with Crippen molar-refractivity contribution < 1.29 is 27.4 Å². The Morgan fingerprint density at radius 3 is 2.33 bits per heavy atom. The van der Waals surface area contributed by atoms with E-state index in [4.69, 9.17) is 11.3 Å². The molecule has 230 valence electrons. The maximum Gasteiger partial charge on any atom is 0.342 e. The first-order valence-corrected chi connectivity index (χ1v) is 16.4. The zero-order valence-corrected chi connectivity index (χ0v) is 26.6. The van der Waals surface area contributed by atoms with Gasteiger partial charge in [0.15, 0.2) is 5.60 Å². The van der Waals surface area contributed by atoms with Crippen molar-refractivity contribution in [1.29, 1.82) is 0 Å². The van der Waals surface area contributed by atoms with E-state index >= 15 is 0 Å². The van der Waals surface area contributed by atoms with Gasteiger partial charge in [0.2, 0.25) is 5.00 Å². The number of benzene rings is 4. The van der Waals surface area contributed by atoms with Crippen LogP contribution in [0.5, 0.6) is 0 Å². The SMILES string of the molecule is [C-]#[N+]c1sccc1-c1c(-c2cccc(-c3ccc(C(C)(O)C(=O)OC)cc3)c2)n(S(=O)(=O)c2ccc(C)cc2)c2ccc(F)cc12. The third kappa shape index (κ3) is 5.18. The van der Waals surface area contributed by atoms with Gasteiger partial charge in [0.1, 0.15) is 5.82 Å². The summed E-state index contributed by atoms with van der Waals surface area (Å²) in [6, 6.07) is 26.2. The van der Waals surface area contributed by atoms with Crippen LogP contribution in [-0.4, -0.2) is 30.6 Å². The highest BCUT2D eigenvalue weighted by Crippen LogP contribution is 2.48. The van der Waals surface area contributed by atoms with Crippen LogP contribution in [0.2, 0.25) is 0 Å². The number of rotatable bonds is 7. The molecule has 0 radical (unpaired) electrons. The van der Waals surface area contributed by atoms with Crippen molar-refractivity contribution in [3.63, 3.8) is 0 Å². The normalized spacial score (nSPS) is 12.9. The average molecular weight is 651 g/mol. The molecule has 2 aromatic heterocycles. The predicted molar refractivity (Wildman–Crippen MR) is 178 cm³/mol. The molecule has 0 bridgehead atoms. The minimum absolute atomic E-state index is 0.0623. The Kier molecular flexibility index (Phi) is 7.86. The van der Waals surface area contributed by atoms with Crippen molar-refractivity contribution in [3.05, 3.63) is 131 Å². The smallest absolute Gasteiger partial charge is 0.342 e. The molecule has 0 amide bonds. The molecule has 2 heterocycles. The quantitative estimate of drug-likeness (QED) is 0.139. The molecular weight excluding hydrogens is 624 g/mol. The Labute approximate surface area is 269 Å². The van der Waals surface area contributed by atoms with Gasteiger partial charge in [-0.25, -0.2) is 26.4 Å². The van der Waals surface area contributed by atoms with Crippen molar-refractivity contribution in [2.75, 3.05) is 7.11 Å². The van der Waals surface area contributed by atoms with E-state index in [1.807, 2.05) is 19.1 Å². The number of hydrogen-bond donors (Lipinski definition) is 1. The summed E-state index contributed by atoms with van der Waals surface area (Å²) in [7, 11) is -3.02. The van der Waals surface area contributed by atoms with Crippen LogP contribution >= 0.6 is 11.3 Å². The molecule has 0 saturated heterocycles. The lowest BCUT2D eigenvalue weighted by Crippen LogP contribution is -2.33. The third-order valence-electron chi connectivity index (χ3n) is 7.96. The fourth-order valence-electron chi connectivity index (χ4n) is 5.56. The van der Waals surface area contributed by atoms with Crippen molar-refractivity contribution in [1.82, 2.24) is 3.97 Å². The minimum atomic E-state index is -4.23. The number of nitrogens with zero attached hydrogens (tertiary/aromatic N) is 2. The summed E-state index contributed by atoms with van der Waals surface area (Å²) in [6.45, 7) is 11.0. The maximum atomic E-state index is 14.9. The van der Waals surface area contributed by atoms with E-state index in [2.05, 4.69) is 4.85 Å². The van der Waals surface area contributed by atoms with Crippen molar-refractivity contribution >= 4 is 43.2 Å². The molecule has 1 unspecified atom stereocenters. The first kappa shape index (κ1) is 30.9. The topological polar surface area (TPSA) is 90.0 Å². The maximum absolute atomic E-state index is 14.9. The first-order chi connectivity index (χ1) is 22.0. The molecule has 6 aromatic rings. The number of aliphatic hydroxyl groups is 1. The summed E-state index contributed by atoms with van der Waals surface area (Å²) in [5.41, 5.74) is 2.87. The van der Waals surface area contributed by atoms with Crippen LogP contribution in [0.25, 0.3) is 49.3 Å². The predicted octanol–water partition coefficient (Wildman–Crippen LogP) is 8.32. The van der Waals surface area contributed by atoms with Crippen LogP contribution in [0, 0.1) is 19.3 Å². The number of hydrogen-bond acceptors (Lipinski definition) is 6. The number of ether oxygens (including phenoxy) is 1. The van der Waals surface area contributed by atoms with Gasteiger partial charge >= 0.3 is 5.97 Å². The molecule has 6 rings (SSSR count). The molecule has 0 saturated carbocycles. The number of methoxy groups -OCH3 is 1. The highest BCUT2D eigenvalue weighted by molar-refractivity contribution is 7.90. The van der Waals surface area contributed by atoms with Gasteiger partial charge in [-0.3, -0.25) is 0 Å². The molecule has 0 aliphatic rings. The van der Waals surface area contributed by atoms with Crippen molar-refractivity contribution in [3.8, 4) is 33.5 Å². The number of aromatic nitrogens is 1. The second-order valence-corrected chi connectivity index (χ2v) is 13.6. The summed E-state index contributed by atoms with van der Waals surface area (Å²) in [5, 5.41) is 13.2. The Morgan fingerprint density at radius 1 is 0.957 bits per heavy atom. The number of aryl methyl sites for hydroxylation is 1. The summed E-state index contributed by atoms with van der Waals surface area (Å²) >= 11 is 1.22. The van der Waals surface area contributed by atoms with E-state index in [0.29, 0.717) is 32.6 Å². The number of carbonyl (C=O) groups is 1. The molecule has 46 heavy (non-hydrogen) atoms. The monoisotopic (exact) mass is 650 g/mol. The molecule has 10 heteroatoms. The van der Waals surface area contributed by atoms with Gasteiger partial charge in [-0.2, -0.15) is 11.3 Å². The van der Waals surface area contributed by atoms with E-state index in [9.17, 15) is 22.7 Å². The Morgan fingerprint density at radius 2 is 1.65 bits per heavy atom. The van der Waals surface area contributed by atoms with Crippen LogP contribution in [0.1, 0.15) is 18.1 Å². The zero-order valence-electron chi connectivity index (χ0n) is 25.0. The lowest BCUT2D eigenvalue weighted by atomic mass is 9.93. The Balaban J connectivity index is 1.63. The number of fused-ring (bicyclic) bond motifs is 1. The van der Waals surface area contributed by atoms with E-state index in [1.54, 1.807) is 72.1 Å². The highest BCUT2D eigenvalue weighted by Gasteiger charge is 2.34. The summed E-state index contributed by atoms with van der Waals surface area (Å²) < 4.78 is 49.8. The van der Waals surface area contributed by atoms with Gasteiger partial charge in [-0.05, 0) is 72.3 Å². The fraction of sp³-hybridized carbons (Fsp3) is 0.111. The second-order valence-electron chi connectivity index (χ2n) is 10.9. The third-order valence-corrected chi connectivity index (χ3v) is 10.5. The van der Waals surface area contributed by atoms with Crippen LogP contribution in [0.4, 0.5) is 9.39 Å². The molecule has 1 atom stereocenters. The summed E-state index contributed by atoms with van der Waals surface area (Å²) in [5.74, 6) is -1.33. The van der Waals surface area contributed by atoms with E-state index in [1.165, 1.54) is 47.5 Å². The molecular formula is C36H27FN2O5S2. The summed E-state index contributed by atoms with van der Waals surface area (Å²) in [4.78, 5) is 15.9. The van der Waals surface area contributed by atoms with Gasteiger partial charge in [0.05, 0.1) is 29.8 Å². The lowest BCUT2D eigenvalue weighted by Gasteiger charge is -2.21. The fourth-order valence-corrected chi connectivity index (χ4v) is 7.79. The van der Waals surface area contributed by atoms with Gasteiger partial charge in [-0.15, -0.1) is 0 Å². The van der Waals surface area contributed by atoms with Crippen LogP contribution in [0.15, 0.2) is 107 Å². The zero-order chi connectivity index (χ0) is 32.8. The van der Waals surface area contributed by atoms with Gasteiger partial charge < -0.3 is 9.84 Å². The molecule has 7 nitrogen and oxygen atoms in total. The van der Waals surface area contributed by atoms with E-state index in [0.717, 1.165) is 16.7 Å². The number of thiophene rings is 1. The van der Waals surface area contributed by atoms with Gasteiger partial charge in [0.25, 0.3) is 10.0 Å². The number of halogens is 1. The van der Waals surface area contributed by atoms with Crippen molar-refractivity contribution in [2.45, 2.75) is 24.3 Å². The average Bonchev–Trinajstić information content (AvgIpc) is 3.66. The molecule has 0 fully saturated rings. The van der Waals surface area contributed by atoms with Gasteiger partial charge in [0, 0.05) is 22.1 Å². The number of esters is 1. The van der Waals surface area contributed by atoms with E-state index < -0.39 is 27.4 Å². The standard InChI is InChI=1S/C36H27FN2O5S2/c1-22-8-15-28(16-9-22)46(42,43)39-31-17-14-27(37)21-30(31)32(29-18-19-45-34(29)38-3)33(39)25-7-5-6-24(20-25)23-10-12-26(13-11-23)36(2,41)35(40)44-4/h5-21,41H,1-2,4H3. The highest BCUT2D eigenvalue weighted by atomic mass is 32.2. The largest absolute Gasteiger partial charge is 0.467 e. The van der Waals surface area contributed by atoms with E-state index in [-0.39, 0.29) is 16.1 Å². The minimum Gasteiger partial charge on any atom is -0.467 e. The van der Waals surface area contributed by atoms with Crippen LogP contribution < -0.4 is 0 Å². The molecule has 0 spiro atoms. The summed E-state index contributed by atoms with van der Waals surface area (Å²) in [6.07, 6.45) is 0. The second kappa shape index (κ2) is 11.7. The van der Waals surface area contributed by atoms with Gasteiger partial charge in [-0.1, -0.05) is 66.2 Å². The molecule has 4 aromatic carbocycles.